The second kappa shape index (κ2) is 6.93. The number of benzene rings is 1. The average Bonchev–Trinajstić information content (AvgIpc) is 2.68. The molecule has 0 spiro atoms. The van der Waals surface area contributed by atoms with E-state index in [-0.39, 0.29) is 18.6 Å². The number of aliphatic hydroxyl groups is 1. The molecule has 2 rings (SSSR count). The van der Waals surface area contributed by atoms with Crippen molar-refractivity contribution in [2.24, 2.45) is 5.92 Å². The molecular formula is C15H18F3NO2. The van der Waals surface area contributed by atoms with E-state index < -0.39 is 28.9 Å². The second-order valence-corrected chi connectivity index (χ2v) is 5.38. The van der Waals surface area contributed by atoms with E-state index in [1.165, 1.54) is 0 Å². The van der Waals surface area contributed by atoms with Crippen molar-refractivity contribution in [3.8, 4) is 0 Å². The molecule has 1 fully saturated rings. The highest BCUT2D eigenvalue weighted by molar-refractivity contribution is 5.95. The summed E-state index contributed by atoms with van der Waals surface area (Å²) in [5.74, 6) is -4.96. The third-order valence-electron chi connectivity index (χ3n) is 3.98. The second-order valence-electron chi connectivity index (χ2n) is 5.38. The van der Waals surface area contributed by atoms with Crippen LogP contribution in [0.1, 0.15) is 42.5 Å². The Morgan fingerprint density at radius 3 is 2.52 bits per heavy atom. The maximum absolute atomic E-state index is 13.6. The highest BCUT2D eigenvalue weighted by atomic mass is 19.2. The Balaban J connectivity index is 2.19. The van der Waals surface area contributed by atoms with E-state index in [1.54, 1.807) is 0 Å². The van der Waals surface area contributed by atoms with Gasteiger partial charge in [-0.05, 0) is 25.0 Å². The van der Waals surface area contributed by atoms with E-state index in [0.717, 1.165) is 31.7 Å². The van der Waals surface area contributed by atoms with E-state index in [2.05, 4.69) is 5.32 Å². The first-order chi connectivity index (χ1) is 10.0. The van der Waals surface area contributed by atoms with Gasteiger partial charge in [0.05, 0.1) is 0 Å². The van der Waals surface area contributed by atoms with Gasteiger partial charge in [-0.3, -0.25) is 4.79 Å². The Labute approximate surface area is 121 Å². The van der Waals surface area contributed by atoms with Gasteiger partial charge >= 0.3 is 0 Å². The van der Waals surface area contributed by atoms with E-state index in [9.17, 15) is 23.1 Å². The van der Waals surface area contributed by atoms with Crippen molar-refractivity contribution >= 4 is 5.91 Å². The zero-order valence-electron chi connectivity index (χ0n) is 11.5. The molecule has 21 heavy (non-hydrogen) atoms. The number of nitrogens with one attached hydrogen (secondary N) is 1. The van der Waals surface area contributed by atoms with E-state index in [4.69, 9.17) is 0 Å². The molecule has 6 heteroatoms. The third-order valence-corrected chi connectivity index (χ3v) is 3.98. The van der Waals surface area contributed by atoms with Crippen LogP contribution in [-0.2, 0) is 0 Å². The Morgan fingerprint density at radius 2 is 1.81 bits per heavy atom. The van der Waals surface area contributed by atoms with Gasteiger partial charge in [0.15, 0.2) is 11.6 Å². The molecule has 2 N–H and O–H groups in total. The van der Waals surface area contributed by atoms with Crippen LogP contribution in [-0.4, -0.2) is 23.7 Å². The minimum absolute atomic E-state index is 0.0982. The lowest BCUT2D eigenvalue weighted by Crippen LogP contribution is -2.41. The number of rotatable bonds is 3. The molecule has 1 amide bonds. The summed E-state index contributed by atoms with van der Waals surface area (Å²) < 4.78 is 40.3. The van der Waals surface area contributed by atoms with Crippen molar-refractivity contribution in [2.45, 2.75) is 38.1 Å². The van der Waals surface area contributed by atoms with Crippen LogP contribution in [0.5, 0.6) is 0 Å². The van der Waals surface area contributed by atoms with E-state index >= 15 is 0 Å². The molecule has 1 aliphatic rings. The van der Waals surface area contributed by atoms with Crippen LogP contribution in [0.3, 0.4) is 0 Å². The highest BCUT2D eigenvalue weighted by Crippen LogP contribution is 2.24. The van der Waals surface area contributed by atoms with Crippen molar-refractivity contribution < 1.29 is 23.1 Å². The van der Waals surface area contributed by atoms with Crippen molar-refractivity contribution in [1.82, 2.24) is 5.32 Å². The number of amides is 1. The van der Waals surface area contributed by atoms with Gasteiger partial charge in [0.2, 0.25) is 0 Å². The molecule has 0 aliphatic heterocycles. The fourth-order valence-corrected chi connectivity index (χ4v) is 2.77. The number of carbonyl (C=O) groups excluding carboxylic acids is 1. The van der Waals surface area contributed by atoms with Gasteiger partial charge in [0.1, 0.15) is 11.4 Å². The van der Waals surface area contributed by atoms with Crippen molar-refractivity contribution in [3.63, 3.8) is 0 Å². The summed E-state index contributed by atoms with van der Waals surface area (Å²) in [6.45, 7) is -0.0982. The molecule has 1 aliphatic carbocycles. The molecule has 0 saturated heterocycles. The summed E-state index contributed by atoms with van der Waals surface area (Å²) in [7, 11) is 0. The zero-order valence-corrected chi connectivity index (χ0v) is 11.5. The highest BCUT2D eigenvalue weighted by Gasteiger charge is 2.28. The molecule has 1 aromatic carbocycles. The largest absolute Gasteiger partial charge is 0.396 e. The number of carbonyl (C=O) groups is 1. The Kier molecular flexibility index (Phi) is 5.22. The normalized spacial score (nSPS) is 22.7. The van der Waals surface area contributed by atoms with Crippen LogP contribution in [0.4, 0.5) is 13.2 Å². The summed E-state index contributed by atoms with van der Waals surface area (Å²) in [4.78, 5) is 12.0. The lowest BCUT2D eigenvalue weighted by molar-refractivity contribution is 0.0890. The van der Waals surface area contributed by atoms with Gasteiger partial charge in [-0.1, -0.05) is 19.3 Å². The molecule has 1 aromatic rings. The predicted molar refractivity (Wildman–Crippen MR) is 71.2 cm³/mol. The predicted octanol–water partition coefficient (Wildman–Crippen LogP) is 2.77. The van der Waals surface area contributed by atoms with Crippen LogP contribution < -0.4 is 5.32 Å². The van der Waals surface area contributed by atoms with Crippen molar-refractivity contribution in [1.29, 1.82) is 0 Å². The monoisotopic (exact) mass is 301 g/mol. The number of hydrogen-bond acceptors (Lipinski definition) is 2. The van der Waals surface area contributed by atoms with Gasteiger partial charge < -0.3 is 10.4 Å². The smallest absolute Gasteiger partial charge is 0.257 e. The van der Waals surface area contributed by atoms with Gasteiger partial charge in [-0.2, -0.15) is 0 Å². The minimum atomic E-state index is -1.48. The minimum Gasteiger partial charge on any atom is -0.396 e. The molecule has 2 unspecified atom stereocenters. The standard InChI is InChI=1S/C15H18F3NO2/c16-10-6-7-11(17)14(18)13(10)15(21)19-12-5-3-1-2-4-9(12)8-20/h6-7,9,12,20H,1-5,8H2,(H,19,21). The molecule has 0 bridgehead atoms. The van der Waals surface area contributed by atoms with E-state index in [1.807, 2.05) is 0 Å². The van der Waals surface area contributed by atoms with Crippen molar-refractivity contribution in [2.75, 3.05) is 6.61 Å². The maximum atomic E-state index is 13.6. The summed E-state index contributed by atoms with van der Waals surface area (Å²) in [6.07, 6.45) is 4.19. The van der Waals surface area contributed by atoms with Gasteiger partial charge in [0, 0.05) is 18.6 Å². The Bertz CT molecular complexity index is 522. The van der Waals surface area contributed by atoms with Gasteiger partial charge in [-0.25, -0.2) is 13.2 Å². The van der Waals surface area contributed by atoms with Gasteiger partial charge in [-0.15, -0.1) is 0 Å². The molecule has 0 aromatic heterocycles. The van der Waals surface area contributed by atoms with Crippen molar-refractivity contribution in [3.05, 3.63) is 35.1 Å². The average molecular weight is 301 g/mol. The fraction of sp³-hybridized carbons (Fsp3) is 0.533. The van der Waals surface area contributed by atoms with Gasteiger partial charge in [0.25, 0.3) is 5.91 Å². The van der Waals surface area contributed by atoms with E-state index in [0.29, 0.717) is 12.5 Å². The first kappa shape index (κ1) is 15.8. The fourth-order valence-electron chi connectivity index (χ4n) is 2.77. The Morgan fingerprint density at radius 1 is 1.14 bits per heavy atom. The third kappa shape index (κ3) is 3.56. The lowest BCUT2D eigenvalue weighted by Gasteiger charge is -2.24. The number of halogens is 3. The number of aliphatic hydroxyl groups excluding tert-OH is 1. The molecule has 2 atom stereocenters. The molecule has 3 nitrogen and oxygen atoms in total. The van der Waals surface area contributed by atoms with Crippen LogP contribution >= 0.6 is 0 Å². The van der Waals surface area contributed by atoms with Crippen LogP contribution in [0.15, 0.2) is 12.1 Å². The summed E-state index contributed by atoms with van der Waals surface area (Å²) >= 11 is 0. The molecule has 116 valence electrons. The quantitative estimate of drug-likeness (QED) is 0.666. The number of hydrogen-bond donors (Lipinski definition) is 2. The molecule has 0 radical (unpaired) electrons. The first-order valence-electron chi connectivity index (χ1n) is 7.09. The van der Waals surface area contributed by atoms with Crippen LogP contribution in [0.25, 0.3) is 0 Å². The van der Waals surface area contributed by atoms with Crippen LogP contribution in [0.2, 0.25) is 0 Å². The molecular weight excluding hydrogens is 283 g/mol. The van der Waals surface area contributed by atoms with Crippen LogP contribution in [0, 0.1) is 23.4 Å². The zero-order chi connectivity index (χ0) is 15.4. The molecule has 0 heterocycles. The first-order valence-corrected chi connectivity index (χ1v) is 7.09. The molecule has 1 saturated carbocycles. The lowest BCUT2D eigenvalue weighted by atomic mass is 9.95. The SMILES string of the molecule is O=C(NC1CCCCCC1CO)c1c(F)ccc(F)c1F. The Hall–Kier alpha value is -1.56. The topological polar surface area (TPSA) is 49.3 Å². The summed E-state index contributed by atoms with van der Waals surface area (Å²) in [5.41, 5.74) is -0.907. The summed E-state index contributed by atoms with van der Waals surface area (Å²) in [6, 6.07) is 1.01. The summed E-state index contributed by atoms with van der Waals surface area (Å²) in [5, 5.41) is 11.9. The maximum Gasteiger partial charge on any atom is 0.257 e.